The van der Waals surface area contributed by atoms with Crippen molar-refractivity contribution in [1.29, 1.82) is 0 Å². The van der Waals surface area contributed by atoms with E-state index in [4.69, 9.17) is 0 Å². The van der Waals surface area contributed by atoms with Crippen LogP contribution in [0.25, 0.3) is 0 Å². The molecule has 1 aliphatic rings. The molecule has 3 atom stereocenters. The fraction of sp³-hybridized carbons (Fsp3) is 0.263. The van der Waals surface area contributed by atoms with Crippen LogP contribution < -0.4 is 5.32 Å². The fourth-order valence-corrected chi connectivity index (χ4v) is 4.28. The Morgan fingerprint density at radius 1 is 1.15 bits per heavy atom. The average molecular weight is 372 g/mol. The first-order valence-corrected chi connectivity index (χ1v) is 9.75. The van der Waals surface area contributed by atoms with E-state index < -0.39 is 16.8 Å². The van der Waals surface area contributed by atoms with Gasteiger partial charge < -0.3 is 15.3 Å². The van der Waals surface area contributed by atoms with Gasteiger partial charge in [0.05, 0.1) is 17.7 Å². The Hall–Kier alpha value is -2.67. The predicted octanol–water partition coefficient (Wildman–Crippen LogP) is 1.80. The Morgan fingerprint density at radius 3 is 2.46 bits per heavy atom. The molecule has 0 spiro atoms. The maximum Gasteiger partial charge on any atom is 0.255 e. The molecule has 6 nitrogen and oxygen atoms in total. The minimum Gasteiger partial charge on any atom is -0.508 e. The Morgan fingerprint density at radius 2 is 1.81 bits per heavy atom. The number of amides is 2. The Balaban J connectivity index is 1.73. The average Bonchev–Trinajstić information content (AvgIpc) is 3.04. The van der Waals surface area contributed by atoms with Crippen LogP contribution in [0.5, 0.6) is 5.75 Å². The fourth-order valence-electron chi connectivity index (χ4n) is 2.88. The molecule has 2 N–H and O–H groups in total. The molecule has 3 rings (SSSR count). The summed E-state index contributed by atoms with van der Waals surface area (Å²) in [5.74, 6) is -0.292. The molecule has 0 aliphatic carbocycles. The van der Waals surface area contributed by atoms with Crippen LogP contribution in [0.2, 0.25) is 0 Å². The van der Waals surface area contributed by atoms with Crippen molar-refractivity contribution < 1.29 is 18.9 Å². The molecule has 1 heterocycles. The lowest BCUT2D eigenvalue weighted by Gasteiger charge is -2.24. The summed E-state index contributed by atoms with van der Waals surface area (Å²) < 4.78 is 12.0. The second kappa shape index (κ2) is 7.70. The van der Waals surface area contributed by atoms with Gasteiger partial charge in [-0.15, -0.1) is 0 Å². The molecule has 1 saturated heterocycles. The lowest BCUT2D eigenvalue weighted by atomic mass is 10.1. The summed E-state index contributed by atoms with van der Waals surface area (Å²) in [4.78, 5) is 26.8. The number of phenols is 1. The van der Waals surface area contributed by atoms with Crippen LogP contribution in [0.15, 0.2) is 54.6 Å². The SMILES string of the molecule is CC(NC(=O)[C@@H]1C[S@@](=O)CN1C(=O)c1ccccc1)c1ccc(O)cc1. The number of carbonyl (C=O) groups excluding carboxylic acids is 2. The van der Waals surface area contributed by atoms with E-state index in [1.807, 2.05) is 13.0 Å². The summed E-state index contributed by atoms with van der Waals surface area (Å²) in [6.07, 6.45) is 0. The molecule has 2 aromatic carbocycles. The molecule has 1 aliphatic heterocycles. The van der Waals surface area contributed by atoms with Crippen LogP contribution in [-0.4, -0.2) is 43.7 Å². The molecule has 1 fully saturated rings. The number of aromatic hydroxyl groups is 1. The number of hydrogen-bond donors (Lipinski definition) is 2. The third-order valence-electron chi connectivity index (χ3n) is 4.34. The lowest BCUT2D eigenvalue weighted by Crippen LogP contribution is -2.47. The highest BCUT2D eigenvalue weighted by atomic mass is 32.2. The van der Waals surface area contributed by atoms with Crippen molar-refractivity contribution in [3.63, 3.8) is 0 Å². The molecule has 0 bridgehead atoms. The zero-order valence-corrected chi connectivity index (χ0v) is 15.1. The van der Waals surface area contributed by atoms with Crippen molar-refractivity contribution in [3.8, 4) is 5.75 Å². The molecular formula is C19H20N2O4S. The van der Waals surface area contributed by atoms with Gasteiger partial charge in [-0.05, 0) is 36.8 Å². The van der Waals surface area contributed by atoms with Gasteiger partial charge in [0.2, 0.25) is 5.91 Å². The minimum atomic E-state index is -1.25. The molecule has 136 valence electrons. The summed E-state index contributed by atoms with van der Waals surface area (Å²) in [6.45, 7) is 1.82. The van der Waals surface area contributed by atoms with Crippen molar-refractivity contribution in [2.75, 3.05) is 11.6 Å². The van der Waals surface area contributed by atoms with Gasteiger partial charge in [0.1, 0.15) is 11.8 Å². The summed E-state index contributed by atoms with van der Waals surface area (Å²) in [6, 6.07) is 14.2. The Bertz CT molecular complexity index is 823. The first-order chi connectivity index (χ1) is 12.5. The lowest BCUT2D eigenvalue weighted by molar-refractivity contribution is -0.125. The van der Waals surface area contributed by atoms with E-state index in [0.717, 1.165) is 5.56 Å². The van der Waals surface area contributed by atoms with E-state index in [9.17, 15) is 18.9 Å². The highest BCUT2D eigenvalue weighted by Crippen LogP contribution is 2.20. The summed E-state index contributed by atoms with van der Waals surface area (Å²) in [7, 11) is -1.25. The molecule has 7 heteroatoms. The van der Waals surface area contributed by atoms with Gasteiger partial charge >= 0.3 is 0 Å². The van der Waals surface area contributed by atoms with E-state index in [2.05, 4.69) is 5.32 Å². The molecule has 0 radical (unpaired) electrons. The third kappa shape index (κ3) is 3.94. The monoisotopic (exact) mass is 372 g/mol. The van der Waals surface area contributed by atoms with Crippen LogP contribution in [0.4, 0.5) is 0 Å². The van der Waals surface area contributed by atoms with E-state index in [0.29, 0.717) is 5.56 Å². The van der Waals surface area contributed by atoms with Crippen LogP contribution >= 0.6 is 0 Å². The number of hydrogen-bond acceptors (Lipinski definition) is 4. The topological polar surface area (TPSA) is 86.7 Å². The van der Waals surface area contributed by atoms with Crippen molar-refractivity contribution in [3.05, 3.63) is 65.7 Å². The highest BCUT2D eigenvalue weighted by molar-refractivity contribution is 7.85. The molecule has 26 heavy (non-hydrogen) atoms. The van der Waals surface area contributed by atoms with Crippen LogP contribution in [0.3, 0.4) is 0 Å². The predicted molar refractivity (Wildman–Crippen MR) is 98.9 cm³/mol. The minimum absolute atomic E-state index is 0.0550. The summed E-state index contributed by atoms with van der Waals surface area (Å²) in [5, 5.41) is 12.2. The van der Waals surface area contributed by atoms with Gasteiger partial charge in [-0.3, -0.25) is 13.8 Å². The Kier molecular flexibility index (Phi) is 5.37. The van der Waals surface area contributed by atoms with E-state index in [-0.39, 0.29) is 35.2 Å². The molecule has 1 unspecified atom stereocenters. The normalized spacial score (nSPS) is 20.6. The van der Waals surface area contributed by atoms with Gasteiger partial charge in [-0.1, -0.05) is 30.3 Å². The highest BCUT2D eigenvalue weighted by Gasteiger charge is 2.38. The van der Waals surface area contributed by atoms with Crippen molar-refractivity contribution >= 4 is 22.6 Å². The number of nitrogens with one attached hydrogen (secondary N) is 1. The molecular weight excluding hydrogens is 352 g/mol. The summed E-state index contributed by atoms with van der Waals surface area (Å²) in [5.41, 5.74) is 1.30. The second-order valence-corrected chi connectivity index (χ2v) is 7.69. The smallest absolute Gasteiger partial charge is 0.255 e. The van der Waals surface area contributed by atoms with Gasteiger partial charge in [0, 0.05) is 16.4 Å². The van der Waals surface area contributed by atoms with E-state index in [1.165, 1.54) is 4.90 Å². The zero-order valence-electron chi connectivity index (χ0n) is 14.3. The van der Waals surface area contributed by atoms with E-state index in [1.54, 1.807) is 48.5 Å². The van der Waals surface area contributed by atoms with Crippen LogP contribution in [0.1, 0.15) is 28.9 Å². The zero-order chi connectivity index (χ0) is 18.7. The number of nitrogens with zero attached hydrogens (tertiary/aromatic N) is 1. The molecule has 2 amide bonds. The van der Waals surface area contributed by atoms with Gasteiger partial charge in [-0.25, -0.2) is 0 Å². The maximum absolute atomic E-state index is 12.7. The van der Waals surface area contributed by atoms with Crippen molar-refractivity contribution in [2.24, 2.45) is 0 Å². The second-order valence-electron chi connectivity index (χ2n) is 6.21. The first kappa shape index (κ1) is 18.1. The standard InChI is InChI=1S/C19H20N2O4S/c1-13(14-7-9-16(22)10-8-14)20-18(23)17-11-26(25)12-21(17)19(24)15-5-3-2-4-6-15/h2-10,13,17,22H,11-12H2,1H3,(H,20,23)/t13?,17-,26+/m0/s1. The Labute approximate surface area is 154 Å². The first-order valence-electron chi connectivity index (χ1n) is 8.26. The van der Waals surface area contributed by atoms with E-state index >= 15 is 0 Å². The largest absolute Gasteiger partial charge is 0.508 e. The molecule has 2 aromatic rings. The van der Waals surface area contributed by atoms with Crippen molar-refractivity contribution in [1.82, 2.24) is 10.2 Å². The molecule has 0 aromatic heterocycles. The van der Waals surface area contributed by atoms with Crippen molar-refractivity contribution in [2.45, 2.75) is 19.0 Å². The number of phenolic OH excluding ortho intramolecular Hbond substituents is 1. The van der Waals surface area contributed by atoms with Gasteiger partial charge in [0.15, 0.2) is 0 Å². The van der Waals surface area contributed by atoms with Gasteiger partial charge in [-0.2, -0.15) is 0 Å². The van der Waals surface area contributed by atoms with Crippen LogP contribution in [-0.2, 0) is 15.6 Å². The number of carbonyl (C=O) groups is 2. The number of benzene rings is 2. The maximum atomic E-state index is 12.7. The van der Waals surface area contributed by atoms with Crippen LogP contribution in [0, 0.1) is 0 Å². The van der Waals surface area contributed by atoms with Gasteiger partial charge in [0.25, 0.3) is 5.91 Å². The number of rotatable bonds is 4. The molecule has 0 saturated carbocycles. The summed E-state index contributed by atoms with van der Waals surface area (Å²) >= 11 is 0. The quantitative estimate of drug-likeness (QED) is 0.857. The third-order valence-corrected chi connectivity index (χ3v) is 5.59.